The zero-order valence-corrected chi connectivity index (χ0v) is 18.8. The van der Waals surface area contributed by atoms with Crippen LogP contribution in [0.5, 0.6) is 5.75 Å². The Morgan fingerprint density at radius 3 is 2.28 bits per heavy atom. The standard InChI is InChI=1S/C24H16Cl3FN2O2/c25-21-2-1-3-22(26)24(21)30-18(11-17(12-28)29-30)14-32-19-7-5-16(6-8-19)20-9-4-15(13-31)10-23(20)27/h1-11,13H,12,14H2. The quantitative estimate of drug-likeness (QED) is 0.255. The first-order valence-electron chi connectivity index (χ1n) is 9.56. The molecule has 1 heterocycles. The van der Waals surface area contributed by atoms with E-state index in [2.05, 4.69) is 5.10 Å². The Labute approximate surface area is 199 Å². The third-order valence-corrected chi connectivity index (χ3v) is 5.72. The summed E-state index contributed by atoms with van der Waals surface area (Å²) in [5.74, 6) is 0.606. The molecule has 162 valence electrons. The molecule has 0 aliphatic rings. The van der Waals surface area contributed by atoms with Gasteiger partial charge >= 0.3 is 0 Å². The molecule has 0 unspecified atom stereocenters. The minimum absolute atomic E-state index is 0.128. The molecule has 0 N–H and O–H groups in total. The second kappa shape index (κ2) is 9.74. The number of nitrogens with zero attached hydrogens (tertiary/aromatic N) is 2. The van der Waals surface area contributed by atoms with Gasteiger partial charge in [0, 0.05) is 16.1 Å². The van der Waals surface area contributed by atoms with Crippen molar-refractivity contribution in [2.45, 2.75) is 13.3 Å². The molecule has 1 aromatic heterocycles. The van der Waals surface area contributed by atoms with Crippen LogP contribution in [0, 0.1) is 0 Å². The maximum atomic E-state index is 13.3. The van der Waals surface area contributed by atoms with E-state index in [4.69, 9.17) is 39.5 Å². The lowest BCUT2D eigenvalue weighted by Gasteiger charge is -2.12. The summed E-state index contributed by atoms with van der Waals surface area (Å²) in [5, 5.41) is 5.55. The topological polar surface area (TPSA) is 44.1 Å². The molecule has 4 aromatic rings. The Kier molecular flexibility index (Phi) is 6.80. The fraction of sp³-hybridized carbons (Fsp3) is 0.0833. The minimum atomic E-state index is -0.722. The Morgan fingerprint density at radius 1 is 0.938 bits per heavy atom. The van der Waals surface area contributed by atoms with E-state index in [0.29, 0.717) is 37.8 Å². The highest BCUT2D eigenvalue weighted by molar-refractivity contribution is 6.37. The van der Waals surface area contributed by atoms with Gasteiger partial charge in [-0.3, -0.25) is 4.79 Å². The first-order chi connectivity index (χ1) is 15.5. The van der Waals surface area contributed by atoms with E-state index in [1.165, 1.54) is 4.68 Å². The zero-order chi connectivity index (χ0) is 22.7. The highest BCUT2D eigenvalue weighted by Gasteiger charge is 2.16. The van der Waals surface area contributed by atoms with Crippen LogP contribution in [0.3, 0.4) is 0 Å². The number of aromatic nitrogens is 2. The van der Waals surface area contributed by atoms with E-state index in [-0.39, 0.29) is 12.3 Å². The van der Waals surface area contributed by atoms with E-state index in [1.54, 1.807) is 54.6 Å². The number of alkyl halides is 1. The number of para-hydroxylation sites is 1. The van der Waals surface area contributed by atoms with E-state index in [0.717, 1.165) is 17.4 Å². The molecule has 0 saturated carbocycles. The summed E-state index contributed by atoms with van der Waals surface area (Å²) in [7, 11) is 0. The van der Waals surface area contributed by atoms with E-state index < -0.39 is 6.67 Å². The summed E-state index contributed by atoms with van der Waals surface area (Å²) in [6.07, 6.45) is 0.751. The van der Waals surface area contributed by atoms with Crippen LogP contribution in [-0.2, 0) is 13.3 Å². The van der Waals surface area contributed by atoms with Gasteiger partial charge in [-0.05, 0) is 42.0 Å². The number of halogens is 4. The van der Waals surface area contributed by atoms with Crippen LogP contribution in [0.2, 0.25) is 15.1 Å². The van der Waals surface area contributed by atoms with E-state index in [9.17, 15) is 9.18 Å². The number of hydrogen-bond donors (Lipinski definition) is 0. The summed E-state index contributed by atoms with van der Waals surface area (Å²) < 4.78 is 20.7. The van der Waals surface area contributed by atoms with Crippen LogP contribution in [0.1, 0.15) is 21.7 Å². The first kappa shape index (κ1) is 22.3. The number of hydrogen-bond acceptors (Lipinski definition) is 3. The molecule has 0 fully saturated rings. The summed E-state index contributed by atoms with van der Waals surface area (Å²) in [4.78, 5) is 10.9. The number of ether oxygens (including phenoxy) is 1. The highest BCUT2D eigenvalue weighted by Crippen LogP contribution is 2.31. The van der Waals surface area contributed by atoms with Gasteiger partial charge in [-0.15, -0.1) is 0 Å². The Balaban J connectivity index is 1.56. The average molecular weight is 490 g/mol. The van der Waals surface area contributed by atoms with Crippen molar-refractivity contribution < 1.29 is 13.9 Å². The van der Waals surface area contributed by atoms with Gasteiger partial charge in [0.2, 0.25) is 0 Å². The summed E-state index contributed by atoms with van der Waals surface area (Å²) in [5.41, 5.74) is 3.53. The Bertz CT molecular complexity index is 1250. The Hall–Kier alpha value is -2.86. The normalized spacial score (nSPS) is 10.9. The van der Waals surface area contributed by atoms with Crippen molar-refractivity contribution in [2.24, 2.45) is 0 Å². The SMILES string of the molecule is O=Cc1ccc(-c2ccc(OCc3cc(CF)nn3-c3c(Cl)cccc3Cl)cc2)c(Cl)c1. The second-order valence-corrected chi connectivity index (χ2v) is 8.13. The molecule has 0 amide bonds. The lowest BCUT2D eigenvalue weighted by molar-refractivity contribution is 0.112. The van der Waals surface area contributed by atoms with Crippen LogP contribution < -0.4 is 4.74 Å². The predicted molar refractivity (Wildman–Crippen MR) is 125 cm³/mol. The molecular formula is C24H16Cl3FN2O2. The van der Waals surface area contributed by atoms with Crippen LogP contribution in [0.25, 0.3) is 16.8 Å². The molecule has 0 aliphatic heterocycles. The van der Waals surface area contributed by atoms with Crippen molar-refractivity contribution in [3.8, 4) is 22.6 Å². The number of carbonyl (C=O) groups excluding carboxylic acids is 1. The Morgan fingerprint density at radius 2 is 1.66 bits per heavy atom. The van der Waals surface area contributed by atoms with Gasteiger partial charge in [0.15, 0.2) is 0 Å². The maximum Gasteiger partial charge on any atom is 0.150 e. The van der Waals surface area contributed by atoms with Crippen molar-refractivity contribution in [1.29, 1.82) is 0 Å². The number of carbonyl (C=O) groups is 1. The number of benzene rings is 3. The smallest absolute Gasteiger partial charge is 0.150 e. The molecule has 3 aromatic carbocycles. The highest BCUT2D eigenvalue weighted by atomic mass is 35.5. The lowest BCUT2D eigenvalue weighted by atomic mass is 10.0. The number of rotatable bonds is 7. The van der Waals surface area contributed by atoms with Crippen molar-refractivity contribution in [1.82, 2.24) is 9.78 Å². The molecule has 4 nitrogen and oxygen atoms in total. The lowest BCUT2D eigenvalue weighted by Crippen LogP contribution is -2.07. The molecule has 0 spiro atoms. The van der Waals surface area contributed by atoms with Crippen molar-refractivity contribution >= 4 is 41.1 Å². The minimum Gasteiger partial charge on any atom is -0.487 e. The summed E-state index contributed by atoms with van der Waals surface area (Å²) in [6, 6.07) is 19.2. The molecule has 0 saturated heterocycles. The van der Waals surface area contributed by atoms with Crippen LogP contribution in [0.4, 0.5) is 4.39 Å². The third-order valence-electron chi connectivity index (χ3n) is 4.80. The van der Waals surface area contributed by atoms with Gasteiger partial charge < -0.3 is 4.74 Å². The molecular weight excluding hydrogens is 474 g/mol. The first-order valence-corrected chi connectivity index (χ1v) is 10.7. The van der Waals surface area contributed by atoms with Gasteiger partial charge in [0.25, 0.3) is 0 Å². The fourth-order valence-corrected chi connectivity index (χ4v) is 4.11. The van der Waals surface area contributed by atoms with Gasteiger partial charge in [0.05, 0.1) is 21.4 Å². The number of aldehydes is 1. The molecule has 8 heteroatoms. The molecule has 0 aliphatic carbocycles. The fourth-order valence-electron chi connectivity index (χ4n) is 3.25. The van der Waals surface area contributed by atoms with Gasteiger partial charge in [0.1, 0.15) is 31.0 Å². The van der Waals surface area contributed by atoms with Gasteiger partial charge in [-0.1, -0.05) is 65.1 Å². The zero-order valence-electron chi connectivity index (χ0n) is 16.6. The second-order valence-electron chi connectivity index (χ2n) is 6.91. The van der Waals surface area contributed by atoms with Crippen LogP contribution >= 0.6 is 34.8 Å². The maximum absolute atomic E-state index is 13.3. The van der Waals surface area contributed by atoms with Crippen molar-refractivity contribution in [3.05, 3.63) is 98.7 Å². The molecule has 0 radical (unpaired) electrons. The van der Waals surface area contributed by atoms with Gasteiger partial charge in [-0.25, -0.2) is 9.07 Å². The summed E-state index contributed by atoms with van der Waals surface area (Å²) in [6.45, 7) is -0.594. The monoisotopic (exact) mass is 488 g/mol. The third kappa shape index (κ3) is 4.65. The molecule has 0 atom stereocenters. The van der Waals surface area contributed by atoms with Crippen molar-refractivity contribution in [3.63, 3.8) is 0 Å². The largest absolute Gasteiger partial charge is 0.487 e. The molecule has 0 bridgehead atoms. The van der Waals surface area contributed by atoms with E-state index >= 15 is 0 Å². The van der Waals surface area contributed by atoms with E-state index in [1.807, 2.05) is 12.1 Å². The summed E-state index contributed by atoms with van der Waals surface area (Å²) >= 11 is 18.9. The predicted octanol–water partition coefficient (Wildman–Crippen LogP) is 7.36. The molecule has 32 heavy (non-hydrogen) atoms. The molecule has 4 rings (SSSR count). The van der Waals surface area contributed by atoms with Gasteiger partial charge in [-0.2, -0.15) is 5.10 Å². The van der Waals surface area contributed by atoms with Crippen LogP contribution in [-0.4, -0.2) is 16.1 Å². The average Bonchev–Trinajstić information content (AvgIpc) is 3.21. The van der Waals surface area contributed by atoms with Crippen LogP contribution in [0.15, 0.2) is 66.7 Å². The van der Waals surface area contributed by atoms with Crippen molar-refractivity contribution in [2.75, 3.05) is 0 Å².